The highest BCUT2D eigenvalue weighted by molar-refractivity contribution is 5.85. The number of hydrogen-bond acceptors (Lipinski definition) is 4. The van der Waals surface area contributed by atoms with Gasteiger partial charge in [-0.1, -0.05) is 42.7 Å². The molecule has 1 aromatic rings. The fraction of sp³-hybridized carbons (Fsp3) is 0.667. The van der Waals surface area contributed by atoms with Gasteiger partial charge in [-0.15, -0.1) is 24.8 Å². The third-order valence-electron chi connectivity index (χ3n) is 5.99. The first-order chi connectivity index (χ1) is 12.5. The average Bonchev–Trinajstić information content (AvgIpc) is 2.63. The molecule has 1 saturated heterocycles. The van der Waals surface area contributed by atoms with Crippen molar-refractivity contribution >= 4 is 30.7 Å². The lowest BCUT2D eigenvalue weighted by Gasteiger charge is -2.38. The van der Waals surface area contributed by atoms with Crippen LogP contribution in [-0.2, 0) is 9.53 Å². The topological polar surface area (TPSA) is 67.6 Å². The summed E-state index contributed by atoms with van der Waals surface area (Å²) in [5.74, 6) is 0.0275. The highest BCUT2D eigenvalue weighted by atomic mass is 35.5. The summed E-state index contributed by atoms with van der Waals surface area (Å²) in [6.07, 6.45) is 4.04. The van der Waals surface area contributed by atoms with Crippen LogP contribution < -0.4 is 11.1 Å². The lowest BCUT2D eigenvalue weighted by atomic mass is 9.74. The van der Waals surface area contributed by atoms with Crippen molar-refractivity contribution in [2.24, 2.45) is 11.7 Å². The molecule has 5 nitrogen and oxygen atoms in total. The van der Waals surface area contributed by atoms with Crippen molar-refractivity contribution in [1.29, 1.82) is 0 Å². The molecule has 3 unspecified atom stereocenters. The number of halogens is 2. The van der Waals surface area contributed by atoms with Crippen LogP contribution in [-0.4, -0.2) is 49.2 Å². The van der Waals surface area contributed by atoms with Gasteiger partial charge in [0.15, 0.2) is 0 Å². The number of rotatable bonds is 5. The zero-order chi connectivity index (χ0) is 18.6. The molecule has 2 fully saturated rings. The van der Waals surface area contributed by atoms with Crippen molar-refractivity contribution in [1.82, 2.24) is 10.2 Å². The maximum atomic E-state index is 12.9. The number of carbonyl (C=O) groups is 1. The molecule has 1 aromatic carbocycles. The fourth-order valence-electron chi connectivity index (χ4n) is 4.24. The average molecular weight is 432 g/mol. The van der Waals surface area contributed by atoms with E-state index >= 15 is 0 Å². The van der Waals surface area contributed by atoms with Gasteiger partial charge in [0.05, 0.1) is 25.2 Å². The van der Waals surface area contributed by atoms with Crippen LogP contribution >= 0.6 is 24.8 Å². The van der Waals surface area contributed by atoms with Gasteiger partial charge in [0.1, 0.15) is 0 Å². The molecule has 1 amide bonds. The van der Waals surface area contributed by atoms with E-state index in [0.717, 1.165) is 52.0 Å². The SMILES string of the molecule is Cc1ccc(C(CNC(=O)C2CCCCC2(C)N)N2CCOCC2)cc1.Cl.Cl. The first-order valence-electron chi connectivity index (χ1n) is 9.92. The van der Waals surface area contributed by atoms with Crippen LogP contribution in [0.2, 0.25) is 0 Å². The van der Waals surface area contributed by atoms with Gasteiger partial charge in [-0.2, -0.15) is 0 Å². The summed E-state index contributed by atoms with van der Waals surface area (Å²) >= 11 is 0. The van der Waals surface area contributed by atoms with Gasteiger partial charge in [0.25, 0.3) is 0 Å². The fourth-order valence-corrected chi connectivity index (χ4v) is 4.24. The van der Waals surface area contributed by atoms with Gasteiger partial charge in [-0.3, -0.25) is 9.69 Å². The largest absolute Gasteiger partial charge is 0.379 e. The number of nitrogens with zero attached hydrogens (tertiary/aromatic N) is 1. The van der Waals surface area contributed by atoms with Crippen LogP contribution in [0.1, 0.15) is 49.8 Å². The summed E-state index contributed by atoms with van der Waals surface area (Å²) in [4.78, 5) is 15.3. The van der Waals surface area contributed by atoms with E-state index in [0.29, 0.717) is 6.54 Å². The minimum absolute atomic E-state index is 0. The maximum absolute atomic E-state index is 12.9. The number of morpholine rings is 1. The van der Waals surface area contributed by atoms with Crippen LogP contribution in [0.15, 0.2) is 24.3 Å². The van der Waals surface area contributed by atoms with Crippen molar-refractivity contribution in [3.05, 3.63) is 35.4 Å². The van der Waals surface area contributed by atoms with Crippen molar-refractivity contribution in [3.63, 3.8) is 0 Å². The molecule has 160 valence electrons. The highest BCUT2D eigenvalue weighted by Crippen LogP contribution is 2.32. The number of carbonyl (C=O) groups excluding carboxylic acids is 1. The molecular formula is C21H35Cl2N3O2. The molecule has 0 aromatic heterocycles. The summed E-state index contributed by atoms with van der Waals surface area (Å²) in [5.41, 5.74) is 8.52. The van der Waals surface area contributed by atoms with Crippen LogP contribution in [0.3, 0.4) is 0 Å². The number of aryl methyl sites for hydroxylation is 1. The third-order valence-corrected chi connectivity index (χ3v) is 5.99. The molecule has 1 heterocycles. The van der Waals surface area contributed by atoms with E-state index in [1.165, 1.54) is 11.1 Å². The lowest BCUT2D eigenvalue weighted by molar-refractivity contribution is -0.128. The Morgan fingerprint density at radius 2 is 1.89 bits per heavy atom. The second kappa shape index (κ2) is 11.4. The molecule has 1 aliphatic carbocycles. The Balaban J connectivity index is 0.00000196. The molecule has 1 aliphatic heterocycles. The number of ether oxygens (including phenoxy) is 1. The van der Waals surface area contributed by atoms with Gasteiger partial charge >= 0.3 is 0 Å². The Morgan fingerprint density at radius 1 is 1.25 bits per heavy atom. The molecule has 3 N–H and O–H groups in total. The van der Waals surface area contributed by atoms with Crippen LogP contribution in [0, 0.1) is 12.8 Å². The minimum Gasteiger partial charge on any atom is -0.379 e. The van der Waals surface area contributed by atoms with E-state index in [4.69, 9.17) is 10.5 Å². The molecule has 1 saturated carbocycles. The second-order valence-electron chi connectivity index (χ2n) is 8.12. The zero-order valence-electron chi connectivity index (χ0n) is 17.0. The molecule has 0 bridgehead atoms. The molecule has 28 heavy (non-hydrogen) atoms. The van der Waals surface area contributed by atoms with Gasteiger partial charge in [-0.25, -0.2) is 0 Å². The third kappa shape index (κ3) is 6.33. The molecule has 7 heteroatoms. The molecule has 0 spiro atoms. The Labute approximate surface area is 181 Å². The Kier molecular flexibility index (Phi) is 10.2. The van der Waals surface area contributed by atoms with E-state index in [-0.39, 0.29) is 48.2 Å². The van der Waals surface area contributed by atoms with Gasteiger partial charge < -0.3 is 15.8 Å². The first kappa shape index (κ1) is 25.2. The standard InChI is InChI=1S/C21H33N3O2.2ClH/c1-16-6-8-17(9-7-16)19(24-11-13-26-14-12-24)15-23-20(25)18-5-3-4-10-21(18,2)22;;/h6-9,18-19H,3-5,10-15,22H2,1-2H3,(H,23,25);2*1H. The predicted molar refractivity (Wildman–Crippen MR) is 118 cm³/mol. The Morgan fingerprint density at radius 3 is 2.50 bits per heavy atom. The second-order valence-corrected chi connectivity index (χ2v) is 8.12. The van der Waals surface area contributed by atoms with Crippen molar-refractivity contribution < 1.29 is 9.53 Å². The van der Waals surface area contributed by atoms with Crippen molar-refractivity contribution in [2.75, 3.05) is 32.8 Å². The normalized spacial score (nSPS) is 26.5. The summed E-state index contributed by atoms with van der Waals surface area (Å²) in [6.45, 7) is 8.03. The number of hydrogen-bond donors (Lipinski definition) is 2. The number of nitrogens with one attached hydrogen (secondary N) is 1. The van der Waals surface area contributed by atoms with E-state index < -0.39 is 0 Å². The van der Waals surface area contributed by atoms with Crippen molar-refractivity contribution in [2.45, 2.75) is 51.1 Å². The monoisotopic (exact) mass is 431 g/mol. The summed E-state index contributed by atoms with van der Waals surface area (Å²) < 4.78 is 5.51. The van der Waals surface area contributed by atoms with E-state index in [2.05, 4.69) is 41.4 Å². The van der Waals surface area contributed by atoms with Crippen LogP contribution in [0.25, 0.3) is 0 Å². The number of amides is 1. The number of nitrogens with two attached hydrogens (primary N) is 1. The Bertz CT molecular complexity index is 604. The molecular weight excluding hydrogens is 397 g/mol. The lowest BCUT2D eigenvalue weighted by Crippen LogP contribution is -2.54. The van der Waals surface area contributed by atoms with Crippen molar-refractivity contribution in [3.8, 4) is 0 Å². The molecule has 2 aliphatic rings. The van der Waals surface area contributed by atoms with Crippen LogP contribution in [0.5, 0.6) is 0 Å². The molecule has 3 rings (SSSR count). The molecule has 3 atom stereocenters. The van der Waals surface area contributed by atoms with Gasteiger partial charge in [0.2, 0.25) is 5.91 Å². The predicted octanol–water partition coefficient (Wildman–Crippen LogP) is 3.24. The first-order valence-corrected chi connectivity index (χ1v) is 9.92. The quantitative estimate of drug-likeness (QED) is 0.750. The highest BCUT2D eigenvalue weighted by Gasteiger charge is 2.38. The van der Waals surface area contributed by atoms with Crippen LogP contribution in [0.4, 0.5) is 0 Å². The van der Waals surface area contributed by atoms with Gasteiger partial charge in [0, 0.05) is 25.2 Å². The summed E-state index contributed by atoms with van der Waals surface area (Å²) in [7, 11) is 0. The zero-order valence-corrected chi connectivity index (χ0v) is 18.6. The smallest absolute Gasteiger partial charge is 0.225 e. The van der Waals surface area contributed by atoms with E-state index in [1.807, 2.05) is 6.92 Å². The van der Waals surface area contributed by atoms with E-state index in [1.54, 1.807) is 0 Å². The van der Waals surface area contributed by atoms with E-state index in [9.17, 15) is 4.79 Å². The number of benzene rings is 1. The Hall–Kier alpha value is -0.850. The summed E-state index contributed by atoms with van der Waals surface area (Å²) in [6, 6.07) is 8.81. The van der Waals surface area contributed by atoms with Gasteiger partial charge in [-0.05, 0) is 32.3 Å². The minimum atomic E-state index is -0.388. The molecule has 0 radical (unpaired) electrons. The maximum Gasteiger partial charge on any atom is 0.225 e. The summed E-state index contributed by atoms with van der Waals surface area (Å²) in [5, 5.41) is 3.22.